The second-order valence-corrected chi connectivity index (χ2v) is 8.11. The second-order valence-electron chi connectivity index (χ2n) is 8.11. The summed E-state index contributed by atoms with van der Waals surface area (Å²) in [6.07, 6.45) is 0. The third kappa shape index (κ3) is 10.6. The number of hydrogen-bond acceptors (Lipinski definition) is 4. The predicted molar refractivity (Wildman–Crippen MR) is 141 cm³/mol. The minimum atomic E-state index is 0.329. The van der Waals surface area contributed by atoms with Gasteiger partial charge in [-0.05, 0) is 106 Å². The van der Waals surface area contributed by atoms with Crippen LogP contribution < -0.4 is 0 Å². The molecule has 0 saturated carbocycles. The summed E-state index contributed by atoms with van der Waals surface area (Å²) in [6.45, 7) is 11.7. The summed E-state index contributed by atoms with van der Waals surface area (Å²) in [6, 6.07) is 25.3. The zero-order chi connectivity index (χ0) is 25.7. The molecule has 0 aliphatic carbocycles. The van der Waals surface area contributed by atoms with E-state index in [0.29, 0.717) is 23.0 Å². The number of hydrogen-bond donors (Lipinski definition) is 4. The van der Waals surface area contributed by atoms with Crippen LogP contribution in [0, 0.1) is 41.5 Å². The first-order valence-corrected chi connectivity index (χ1v) is 11.0. The number of benzene rings is 4. The molecule has 180 valence electrons. The molecular weight excluding hydrogens is 424 g/mol. The first kappa shape index (κ1) is 28.1. The lowest BCUT2D eigenvalue weighted by atomic mass is 10.1. The van der Waals surface area contributed by atoms with Crippen molar-refractivity contribution in [2.45, 2.75) is 41.5 Å². The van der Waals surface area contributed by atoms with Gasteiger partial charge in [0.25, 0.3) is 0 Å². The van der Waals surface area contributed by atoms with E-state index in [4.69, 9.17) is 20.4 Å². The quantitative estimate of drug-likeness (QED) is 0.220. The highest BCUT2D eigenvalue weighted by Crippen LogP contribution is 2.18. The van der Waals surface area contributed by atoms with Crippen LogP contribution in [0.25, 0.3) is 0 Å². The highest BCUT2D eigenvalue weighted by molar-refractivity contribution is 5.37. The van der Waals surface area contributed by atoms with E-state index in [2.05, 4.69) is 0 Å². The summed E-state index contributed by atoms with van der Waals surface area (Å²) in [5.74, 6) is 1.44. The standard InChI is InChI=1S/2C8H10O.2C7H8O/c2*1-6-4-3-5-8(9)7(6)2;1-6-2-4-7(8)5-3-6;1-6-3-2-4-7(8)5-6/h2*3-5,9H,1-2H3;2*2-5,8H,1H3. The molecule has 0 amide bonds. The van der Waals surface area contributed by atoms with Crippen molar-refractivity contribution < 1.29 is 20.4 Å². The number of phenols is 4. The molecule has 0 atom stereocenters. The SMILES string of the molecule is Cc1ccc(O)cc1.Cc1cccc(O)c1.Cc1cccc(O)c1C.Cc1cccc(O)c1C. The molecule has 4 aromatic rings. The number of rotatable bonds is 0. The minimum Gasteiger partial charge on any atom is -0.508 e. The molecule has 34 heavy (non-hydrogen) atoms. The van der Waals surface area contributed by atoms with Gasteiger partial charge in [0.15, 0.2) is 0 Å². The number of phenolic OH excluding ortho intramolecular Hbond substituents is 4. The molecule has 0 saturated heterocycles. The summed E-state index contributed by atoms with van der Waals surface area (Å²) in [5.41, 5.74) is 6.47. The molecule has 4 N–H and O–H groups in total. The van der Waals surface area contributed by atoms with Crippen molar-refractivity contribution in [3.05, 3.63) is 118 Å². The molecular formula is C30H36O4. The van der Waals surface area contributed by atoms with E-state index in [1.807, 2.05) is 90.1 Å². The molecule has 0 radical (unpaired) electrons. The monoisotopic (exact) mass is 460 g/mol. The molecule has 4 rings (SSSR count). The van der Waals surface area contributed by atoms with Gasteiger partial charge >= 0.3 is 0 Å². The number of aryl methyl sites for hydroxylation is 4. The largest absolute Gasteiger partial charge is 0.508 e. The van der Waals surface area contributed by atoms with Gasteiger partial charge in [0.05, 0.1) is 0 Å². The maximum Gasteiger partial charge on any atom is 0.118 e. The van der Waals surface area contributed by atoms with E-state index in [0.717, 1.165) is 27.8 Å². The summed E-state index contributed by atoms with van der Waals surface area (Å²) >= 11 is 0. The average Bonchev–Trinajstić information content (AvgIpc) is 2.79. The fraction of sp³-hybridized carbons (Fsp3) is 0.200. The summed E-state index contributed by atoms with van der Waals surface area (Å²) in [4.78, 5) is 0. The van der Waals surface area contributed by atoms with Gasteiger partial charge in [-0.25, -0.2) is 0 Å². The predicted octanol–water partition coefficient (Wildman–Crippen LogP) is 7.42. The van der Waals surface area contributed by atoms with Crippen LogP contribution in [-0.4, -0.2) is 20.4 Å². The molecule has 0 fully saturated rings. The molecule has 0 heterocycles. The first-order valence-electron chi connectivity index (χ1n) is 11.0. The van der Waals surface area contributed by atoms with E-state index in [9.17, 15) is 0 Å². The van der Waals surface area contributed by atoms with Crippen molar-refractivity contribution in [2.75, 3.05) is 0 Å². The van der Waals surface area contributed by atoms with Crippen molar-refractivity contribution in [1.29, 1.82) is 0 Å². The van der Waals surface area contributed by atoms with Crippen molar-refractivity contribution in [1.82, 2.24) is 0 Å². The third-order valence-electron chi connectivity index (χ3n) is 5.19. The molecule has 0 aromatic heterocycles. The van der Waals surface area contributed by atoms with E-state index >= 15 is 0 Å². The normalized spacial score (nSPS) is 9.35. The van der Waals surface area contributed by atoms with Gasteiger partial charge in [0, 0.05) is 0 Å². The van der Waals surface area contributed by atoms with E-state index in [1.54, 1.807) is 36.4 Å². The molecule has 4 aromatic carbocycles. The van der Waals surface area contributed by atoms with Gasteiger partial charge in [-0.15, -0.1) is 0 Å². The Hall–Kier alpha value is -3.92. The maximum absolute atomic E-state index is 9.10. The summed E-state index contributed by atoms with van der Waals surface area (Å²) < 4.78 is 0. The van der Waals surface area contributed by atoms with Gasteiger partial charge in [0.1, 0.15) is 23.0 Å². The molecule has 4 heteroatoms. The van der Waals surface area contributed by atoms with Crippen LogP contribution in [-0.2, 0) is 0 Å². The van der Waals surface area contributed by atoms with Gasteiger partial charge in [-0.2, -0.15) is 0 Å². The van der Waals surface area contributed by atoms with Crippen molar-refractivity contribution in [3.8, 4) is 23.0 Å². The van der Waals surface area contributed by atoms with Crippen molar-refractivity contribution >= 4 is 0 Å². The fourth-order valence-corrected chi connectivity index (χ4v) is 2.64. The Kier molecular flexibility index (Phi) is 11.8. The van der Waals surface area contributed by atoms with E-state index < -0.39 is 0 Å². The first-order chi connectivity index (χ1) is 16.0. The third-order valence-corrected chi connectivity index (χ3v) is 5.19. The van der Waals surface area contributed by atoms with Crippen LogP contribution in [0.15, 0.2) is 84.9 Å². The Morgan fingerprint density at radius 3 is 1.15 bits per heavy atom. The Balaban J connectivity index is 0.000000227. The Morgan fingerprint density at radius 1 is 0.412 bits per heavy atom. The Bertz CT molecular complexity index is 1020. The molecule has 0 aliphatic heterocycles. The van der Waals surface area contributed by atoms with Crippen LogP contribution in [0.1, 0.15) is 33.4 Å². The minimum absolute atomic E-state index is 0.329. The highest BCUT2D eigenvalue weighted by atomic mass is 16.3. The molecule has 4 nitrogen and oxygen atoms in total. The maximum atomic E-state index is 9.10. The van der Waals surface area contributed by atoms with Crippen LogP contribution in [0.5, 0.6) is 23.0 Å². The summed E-state index contributed by atoms with van der Waals surface area (Å²) in [5, 5.41) is 35.8. The van der Waals surface area contributed by atoms with E-state index in [-0.39, 0.29) is 0 Å². The zero-order valence-electron chi connectivity index (χ0n) is 20.9. The lowest BCUT2D eigenvalue weighted by Gasteiger charge is -1.99. The van der Waals surface area contributed by atoms with Crippen molar-refractivity contribution in [2.24, 2.45) is 0 Å². The fourth-order valence-electron chi connectivity index (χ4n) is 2.64. The van der Waals surface area contributed by atoms with Gasteiger partial charge < -0.3 is 20.4 Å². The second kappa shape index (κ2) is 14.3. The number of aromatic hydroxyl groups is 4. The lowest BCUT2D eigenvalue weighted by molar-refractivity contribution is 0.470. The molecule has 0 aliphatic rings. The van der Waals surface area contributed by atoms with Crippen LogP contribution in [0.3, 0.4) is 0 Å². The van der Waals surface area contributed by atoms with Crippen LogP contribution >= 0.6 is 0 Å². The van der Waals surface area contributed by atoms with Gasteiger partial charge in [-0.1, -0.05) is 54.1 Å². The van der Waals surface area contributed by atoms with Crippen LogP contribution in [0.2, 0.25) is 0 Å². The Labute approximate surface area is 203 Å². The molecule has 0 unspecified atom stereocenters. The molecule has 0 spiro atoms. The summed E-state index contributed by atoms with van der Waals surface area (Å²) in [7, 11) is 0. The van der Waals surface area contributed by atoms with E-state index in [1.165, 1.54) is 5.56 Å². The van der Waals surface area contributed by atoms with Gasteiger partial charge in [-0.3, -0.25) is 0 Å². The highest BCUT2D eigenvalue weighted by Gasteiger charge is 1.95. The van der Waals surface area contributed by atoms with Crippen molar-refractivity contribution in [3.63, 3.8) is 0 Å². The Morgan fingerprint density at radius 2 is 0.853 bits per heavy atom. The van der Waals surface area contributed by atoms with Gasteiger partial charge in [0.2, 0.25) is 0 Å². The average molecular weight is 461 g/mol. The zero-order valence-corrected chi connectivity index (χ0v) is 20.9. The topological polar surface area (TPSA) is 80.9 Å². The lowest BCUT2D eigenvalue weighted by Crippen LogP contribution is -1.78. The molecule has 0 bridgehead atoms. The van der Waals surface area contributed by atoms with Crippen LogP contribution in [0.4, 0.5) is 0 Å². The smallest absolute Gasteiger partial charge is 0.118 e.